The third-order valence-electron chi connectivity index (χ3n) is 1.52. The molecule has 2 aromatic rings. The van der Waals surface area contributed by atoms with Gasteiger partial charge < -0.3 is 0 Å². The van der Waals surface area contributed by atoms with Gasteiger partial charge in [0.1, 0.15) is 9.52 Å². The van der Waals surface area contributed by atoms with Crippen molar-refractivity contribution in [2.75, 3.05) is 0 Å². The van der Waals surface area contributed by atoms with Gasteiger partial charge in [-0.3, -0.25) is 0 Å². The number of fused-ring (bicyclic) bond motifs is 1. The maximum Gasteiger partial charge on any atom is 0.124 e. The smallest absolute Gasteiger partial charge is 0.124 e. The lowest BCUT2D eigenvalue weighted by atomic mass is 10.2. The van der Waals surface area contributed by atoms with Gasteiger partial charge in [0.15, 0.2) is 0 Å². The largest absolute Gasteiger partial charge is 0.207 e. The second-order valence-corrected chi connectivity index (χ2v) is 3.48. The van der Waals surface area contributed by atoms with Crippen molar-refractivity contribution in [2.24, 2.45) is 0 Å². The van der Waals surface area contributed by atoms with Crippen LogP contribution >= 0.6 is 22.6 Å². The summed E-state index contributed by atoms with van der Waals surface area (Å²) in [6.07, 6.45) is 0. The van der Waals surface area contributed by atoms with Gasteiger partial charge in [-0.2, -0.15) is 0 Å². The van der Waals surface area contributed by atoms with E-state index >= 15 is 0 Å². The molecule has 0 N–H and O–H groups in total. The van der Waals surface area contributed by atoms with E-state index in [1.807, 2.05) is 22.6 Å². The minimum Gasteiger partial charge on any atom is -0.207 e. The molecule has 12 heavy (non-hydrogen) atoms. The third-order valence-corrected chi connectivity index (χ3v) is 2.04. The maximum atomic E-state index is 12.7. The maximum absolute atomic E-state index is 12.7. The molecule has 0 saturated carbocycles. The van der Waals surface area contributed by atoms with E-state index in [2.05, 4.69) is 10.2 Å². The number of hydrogen-bond acceptors (Lipinski definition) is 2. The summed E-state index contributed by atoms with van der Waals surface area (Å²) in [7, 11) is 0. The fraction of sp³-hybridized carbons (Fsp3) is 0. The first-order valence-electron chi connectivity index (χ1n) is 3.34. The Bertz CT molecular complexity index is 394. The Morgan fingerprint density at radius 2 is 2.00 bits per heavy atom. The Labute approximate surface area is 81.9 Å². The highest BCUT2D eigenvalue weighted by Gasteiger charge is 1.97. The van der Waals surface area contributed by atoms with Crippen molar-refractivity contribution in [1.82, 2.24) is 10.2 Å². The lowest BCUT2D eigenvalue weighted by Gasteiger charge is -1.95. The predicted octanol–water partition coefficient (Wildman–Crippen LogP) is 2.37. The number of benzene rings is 1. The molecule has 2 rings (SSSR count). The molecule has 60 valence electrons. The molecular formula is C8H4FIN2. The molecule has 1 aromatic carbocycles. The molecule has 1 aromatic heterocycles. The molecule has 0 fully saturated rings. The second kappa shape index (κ2) is 2.93. The highest BCUT2D eigenvalue weighted by atomic mass is 127. The molecule has 2 nitrogen and oxygen atoms in total. The Morgan fingerprint density at radius 3 is 2.83 bits per heavy atom. The van der Waals surface area contributed by atoms with E-state index in [4.69, 9.17) is 0 Å². The quantitative estimate of drug-likeness (QED) is 0.689. The SMILES string of the molecule is Fc1ccc2nnc(I)cc2c1. The van der Waals surface area contributed by atoms with Crippen LogP contribution < -0.4 is 0 Å². The van der Waals surface area contributed by atoms with E-state index in [0.29, 0.717) is 0 Å². The molecule has 0 aliphatic carbocycles. The van der Waals surface area contributed by atoms with Gasteiger partial charge in [0.05, 0.1) is 5.52 Å². The summed E-state index contributed by atoms with van der Waals surface area (Å²) in [6.45, 7) is 0. The number of hydrogen-bond donors (Lipinski definition) is 0. The molecule has 1 heterocycles. The van der Waals surface area contributed by atoms with Crippen LogP contribution in [0, 0.1) is 9.52 Å². The van der Waals surface area contributed by atoms with Crippen molar-refractivity contribution in [3.05, 3.63) is 33.8 Å². The van der Waals surface area contributed by atoms with E-state index in [1.54, 1.807) is 12.1 Å². The molecule has 0 spiro atoms. The van der Waals surface area contributed by atoms with E-state index in [0.717, 1.165) is 14.6 Å². The molecule has 4 heteroatoms. The summed E-state index contributed by atoms with van der Waals surface area (Å²) >= 11 is 2.04. The van der Waals surface area contributed by atoms with Crippen molar-refractivity contribution in [3.8, 4) is 0 Å². The van der Waals surface area contributed by atoms with Crippen LogP contribution in [0.2, 0.25) is 0 Å². The van der Waals surface area contributed by atoms with E-state index in [9.17, 15) is 4.39 Å². The average Bonchev–Trinajstić information content (AvgIpc) is 2.03. The number of rotatable bonds is 0. The average molecular weight is 274 g/mol. The third kappa shape index (κ3) is 1.38. The monoisotopic (exact) mass is 274 g/mol. The number of nitrogens with zero attached hydrogens (tertiary/aromatic N) is 2. The molecule has 0 aliphatic rings. The fourth-order valence-corrected chi connectivity index (χ4v) is 1.43. The van der Waals surface area contributed by atoms with Crippen molar-refractivity contribution < 1.29 is 4.39 Å². The summed E-state index contributed by atoms with van der Waals surface area (Å²) in [4.78, 5) is 0. The Hall–Kier alpha value is -0.780. The van der Waals surface area contributed by atoms with E-state index in [1.165, 1.54) is 12.1 Å². The molecule has 0 amide bonds. The summed E-state index contributed by atoms with van der Waals surface area (Å²) in [5.74, 6) is -0.244. The fourth-order valence-electron chi connectivity index (χ4n) is 0.991. The van der Waals surface area contributed by atoms with Crippen LogP contribution in [-0.2, 0) is 0 Å². The van der Waals surface area contributed by atoms with Crippen molar-refractivity contribution in [3.63, 3.8) is 0 Å². The first-order valence-corrected chi connectivity index (χ1v) is 4.42. The van der Waals surface area contributed by atoms with Crippen LogP contribution in [0.5, 0.6) is 0 Å². The summed E-state index contributed by atoms with van der Waals surface area (Å²) in [5, 5.41) is 8.54. The van der Waals surface area contributed by atoms with Crippen LogP contribution in [0.3, 0.4) is 0 Å². The van der Waals surface area contributed by atoms with Gasteiger partial charge in [-0.05, 0) is 46.9 Å². The molecule has 0 bridgehead atoms. The van der Waals surface area contributed by atoms with Gasteiger partial charge >= 0.3 is 0 Å². The molecule has 0 aliphatic heterocycles. The van der Waals surface area contributed by atoms with Crippen LogP contribution in [0.4, 0.5) is 4.39 Å². The molecule has 0 atom stereocenters. The van der Waals surface area contributed by atoms with Gasteiger partial charge in [-0.25, -0.2) is 4.39 Å². The summed E-state index contributed by atoms with van der Waals surface area (Å²) in [5.41, 5.74) is 0.719. The lowest BCUT2D eigenvalue weighted by molar-refractivity contribution is 0.629. The Morgan fingerprint density at radius 1 is 1.17 bits per heavy atom. The predicted molar refractivity (Wildman–Crippen MR) is 52.2 cm³/mol. The van der Waals surface area contributed by atoms with Crippen LogP contribution in [-0.4, -0.2) is 10.2 Å². The molecule has 0 radical (unpaired) electrons. The number of halogens is 2. The van der Waals surface area contributed by atoms with Crippen LogP contribution in [0.1, 0.15) is 0 Å². The zero-order chi connectivity index (χ0) is 8.55. The van der Waals surface area contributed by atoms with Gasteiger partial charge in [-0.1, -0.05) is 0 Å². The minimum atomic E-state index is -0.244. The van der Waals surface area contributed by atoms with Gasteiger partial charge in [-0.15, -0.1) is 10.2 Å². The Kier molecular flexibility index (Phi) is 1.92. The normalized spacial score (nSPS) is 10.5. The molecule has 0 unspecified atom stereocenters. The van der Waals surface area contributed by atoms with Crippen LogP contribution in [0.15, 0.2) is 24.3 Å². The van der Waals surface area contributed by atoms with Crippen molar-refractivity contribution >= 4 is 33.5 Å². The topological polar surface area (TPSA) is 25.8 Å². The molecular weight excluding hydrogens is 270 g/mol. The molecule has 0 saturated heterocycles. The van der Waals surface area contributed by atoms with Crippen molar-refractivity contribution in [1.29, 1.82) is 0 Å². The summed E-state index contributed by atoms with van der Waals surface area (Å²) < 4.78 is 13.5. The van der Waals surface area contributed by atoms with Gasteiger partial charge in [0.25, 0.3) is 0 Å². The lowest BCUT2D eigenvalue weighted by Crippen LogP contribution is -1.87. The standard InChI is InChI=1S/C8H4FIN2/c9-6-1-2-7-5(3-6)4-8(10)12-11-7/h1-4H. The van der Waals surface area contributed by atoms with E-state index in [-0.39, 0.29) is 5.82 Å². The van der Waals surface area contributed by atoms with Crippen LogP contribution in [0.25, 0.3) is 10.9 Å². The Balaban J connectivity index is 2.80. The zero-order valence-corrected chi connectivity index (χ0v) is 8.12. The summed E-state index contributed by atoms with van der Waals surface area (Å²) in [6, 6.07) is 6.25. The van der Waals surface area contributed by atoms with Gasteiger partial charge in [0, 0.05) is 5.39 Å². The zero-order valence-electron chi connectivity index (χ0n) is 5.96. The van der Waals surface area contributed by atoms with Crippen molar-refractivity contribution in [2.45, 2.75) is 0 Å². The first kappa shape index (κ1) is 7.85. The second-order valence-electron chi connectivity index (χ2n) is 2.37. The first-order chi connectivity index (χ1) is 5.75. The number of aromatic nitrogens is 2. The minimum absolute atomic E-state index is 0.244. The van der Waals surface area contributed by atoms with E-state index < -0.39 is 0 Å². The highest BCUT2D eigenvalue weighted by molar-refractivity contribution is 14.1. The van der Waals surface area contributed by atoms with Gasteiger partial charge in [0.2, 0.25) is 0 Å². The highest BCUT2D eigenvalue weighted by Crippen LogP contribution is 2.13.